The van der Waals surface area contributed by atoms with Gasteiger partial charge in [-0.3, -0.25) is 9.10 Å². The summed E-state index contributed by atoms with van der Waals surface area (Å²) >= 11 is 5.89. The van der Waals surface area contributed by atoms with Crippen LogP contribution < -0.4 is 9.73 Å². The number of halogens is 1. The number of hydrogen-bond acceptors (Lipinski definition) is 4. The van der Waals surface area contributed by atoms with Gasteiger partial charge in [-0.05, 0) is 61.0 Å². The van der Waals surface area contributed by atoms with Crippen molar-refractivity contribution in [1.29, 1.82) is 0 Å². The summed E-state index contributed by atoms with van der Waals surface area (Å²) < 4.78 is 27.3. The summed E-state index contributed by atoms with van der Waals surface area (Å²) in [5.41, 5.74) is 4.73. The van der Waals surface area contributed by atoms with Gasteiger partial charge in [-0.15, -0.1) is 6.58 Å². The van der Waals surface area contributed by atoms with Gasteiger partial charge >= 0.3 is 0 Å². The number of sulfonamides is 1. The van der Waals surface area contributed by atoms with Crippen molar-refractivity contribution in [2.45, 2.75) is 11.8 Å². The third-order valence-corrected chi connectivity index (χ3v) is 6.69. The fourth-order valence-corrected chi connectivity index (χ4v) is 4.50. The molecule has 3 rings (SSSR count). The minimum Gasteiger partial charge on any atom is -0.267 e. The zero-order chi connectivity index (χ0) is 23.1. The molecule has 0 fully saturated rings. The summed E-state index contributed by atoms with van der Waals surface area (Å²) in [7, 11) is -3.77. The summed E-state index contributed by atoms with van der Waals surface area (Å²) in [6.45, 7) is 5.52. The second-order valence-corrected chi connectivity index (χ2v) is 9.13. The Morgan fingerprint density at radius 3 is 2.19 bits per heavy atom. The monoisotopic (exact) mass is 467 g/mol. The predicted molar refractivity (Wildman–Crippen MR) is 129 cm³/mol. The molecule has 0 heterocycles. The SMILES string of the molecule is C=CCN(c1ccc(C(=O)N/N=C(/C)c2ccc(Cl)cc2)cc1)S(=O)(=O)c1ccccc1. The lowest BCUT2D eigenvalue weighted by atomic mass is 10.1. The molecule has 0 spiro atoms. The molecule has 0 aliphatic carbocycles. The Kier molecular flexibility index (Phi) is 7.45. The van der Waals surface area contributed by atoms with Crippen LogP contribution in [-0.2, 0) is 10.0 Å². The molecule has 3 aromatic carbocycles. The van der Waals surface area contributed by atoms with Gasteiger partial charge in [0.05, 0.1) is 22.8 Å². The molecule has 0 aromatic heterocycles. The van der Waals surface area contributed by atoms with Crippen LogP contribution in [0.1, 0.15) is 22.8 Å². The van der Waals surface area contributed by atoms with Crippen LogP contribution in [0.25, 0.3) is 0 Å². The van der Waals surface area contributed by atoms with Crippen molar-refractivity contribution in [3.05, 3.63) is 108 Å². The van der Waals surface area contributed by atoms with Gasteiger partial charge in [0.2, 0.25) is 0 Å². The van der Waals surface area contributed by atoms with Gasteiger partial charge in [-0.25, -0.2) is 13.8 Å². The van der Waals surface area contributed by atoms with E-state index < -0.39 is 15.9 Å². The van der Waals surface area contributed by atoms with Crippen molar-refractivity contribution in [2.75, 3.05) is 10.8 Å². The van der Waals surface area contributed by atoms with Crippen LogP contribution in [-0.4, -0.2) is 26.6 Å². The minimum absolute atomic E-state index is 0.0906. The summed E-state index contributed by atoms with van der Waals surface area (Å²) in [4.78, 5) is 12.6. The van der Waals surface area contributed by atoms with Gasteiger partial charge in [0.25, 0.3) is 15.9 Å². The molecule has 1 amide bonds. The number of nitrogens with one attached hydrogen (secondary N) is 1. The Morgan fingerprint density at radius 2 is 1.59 bits per heavy atom. The number of hydrazone groups is 1. The van der Waals surface area contributed by atoms with Gasteiger partial charge in [0, 0.05) is 10.6 Å². The molecule has 0 unspecified atom stereocenters. The topological polar surface area (TPSA) is 78.8 Å². The summed E-state index contributed by atoms with van der Waals surface area (Å²) in [6, 6.07) is 21.5. The zero-order valence-corrected chi connectivity index (χ0v) is 19.0. The normalized spacial score (nSPS) is 11.6. The molecular formula is C24H22ClN3O3S. The molecular weight excluding hydrogens is 446 g/mol. The van der Waals surface area contributed by atoms with Crippen LogP contribution in [0.3, 0.4) is 0 Å². The largest absolute Gasteiger partial charge is 0.271 e. The van der Waals surface area contributed by atoms with E-state index in [9.17, 15) is 13.2 Å². The highest BCUT2D eigenvalue weighted by Crippen LogP contribution is 2.24. The van der Waals surface area contributed by atoms with E-state index in [1.807, 2.05) is 12.1 Å². The van der Waals surface area contributed by atoms with E-state index in [2.05, 4.69) is 17.1 Å². The molecule has 8 heteroatoms. The molecule has 0 aliphatic heterocycles. The number of nitrogens with zero attached hydrogens (tertiary/aromatic N) is 2. The van der Waals surface area contributed by atoms with E-state index in [1.165, 1.54) is 22.5 Å². The quantitative estimate of drug-likeness (QED) is 0.291. The standard InChI is InChI=1S/C24H22ClN3O3S/c1-3-17-28(32(30,31)23-7-5-4-6-8-23)22-15-11-20(12-16-22)24(29)27-26-18(2)19-9-13-21(25)14-10-19/h3-16H,1,17H2,2H3,(H,27,29)/b26-18-. The van der Waals surface area contributed by atoms with Gasteiger partial charge < -0.3 is 0 Å². The smallest absolute Gasteiger partial charge is 0.267 e. The average Bonchev–Trinajstić information content (AvgIpc) is 2.82. The number of carbonyl (C=O) groups excluding carboxylic acids is 1. The molecule has 3 aromatic rings. The van der Waals surface area contributed by atoms with Crippen molar-refractivity contribution < 1.29 is 13.2 Å². The van der Waals surface area contributed by atoms with Crippen LogP contribution in [0.4, 0.5) is 5.69 Å². The van der Waals surface area contributed by atoms with Crippen LogP contribution in [0.2, 0.25) is 5.02 Å². The third-order valence-electron chi connectivity index (χ3n) is 4.63. The van der Waals surface area contributed by atoms with Gasteiger partial charge in [-0.2, -0.15) is 5.10 Å². The third kappa shape index (κ3) is 5.43. The zero-order valence-electron chi connectivity index (χ0n) is 17.4. The first-order valence-corrected chi connectivity index (χ1v) is 11.5. The van der Waals surface area contributed by atoms with Crippen molar-refractivity contribution in [3.63, 3.8) is 0 Å². The maximum Gasteiger partial charge on any atom is 0.271 e. The maximum atomic E-state index is 13.0. The Hall–Kier alpha value is -3.42. The molecule has 32 heavy (non-hydrogen) atoms. The fourth-order valence-electron chi connectivity index (χ4n) is 2.91. The van der Waals surface area contributed by atoms with Gasteiger partial charge in [-0.1, -0.05) is 48.0 Å². The predicted octanol–water partition coefficient (Wildman–Crippen LogP) is 4.88. The van der Waals surface area contributed by atoms with Crippen LogP contribution in [0.15, 0.2) is 102 Å². The number of anilines is 1. The van der Waals surface area contributed by atoms with E-state index in [0.29, 0.717) is 22.0 Å². The lowest BCUT2D eigenvalue weighted by Crippen LogP contribution is -2.31. The maximum absolute atomic E-state index is 13.0. The number of benzene rings is 3. The van der Waals surface area contributed by atoms with Crippen molar-refractivity contribution in [2.24, 2.45) is 5.10 Å². The highest BCUT2D eigenvalue weighted by Gasteiger charge is 2.23. The number of carbonyl (C=O) groups is 1. The van der Waals surface area contributed by atoms with Crippen molar-refractivity contribution in [1.82, 2.24) is 5.43 Å². The van der Waals surface area contributed by atoms with E-state index in [1.54, 1.807) is 61.5 Å². The molecule has 1 N–H and O–H groups in total. The first-order chi connectivity index (χ1) is 15.3. The van der Waals surface area contributed by atoms with Gasteiger partial charge in [0.15, 0.2) is 0 Å². The minimum atomic E-state index is -3.77. The molecule has 164 valence electrons. The summed E-state index contributed by atoms with van der Waals surface area (Å²) in [5, 5.41) is 4.74. The second kappa shape index (κ2) is 10.3. The van der Waals surface area contributed by atoms with Crippen molar-refractivity contribution in [3.8, 4) is 0 Å². The van der Waals surface area contributed by atoms with Crippen LogP contribution in [0, 0.1) is 0 Å². The van der Waals surface area contributed by atoms with Crippen molar-refractivity contribution >= 4 is 38.9 Å². The first kappa shape index (κ1) is 23.2. The van der Waals surface area contributed by atoms with E-state index >= 15 is 0 Å². The Morgan fingerprint density at radius 1 is 1.00 bits per heavy atom. The molecule has 6 nitrogen and oxygen atoms in total. The highest BCUT2D eigenvalue weighted by atomic mass is 35.5. The first-order valence-electron chi connectivity index (χ1n) is 9.72. The molecule has 0 saturated heterocycles. The Balaban J connectivity index is 1.78. The lowest BCUT2D eigenvalue weighted by Gasteiger charge is -2.23. The van der Waals surface area contributed by atoms with Crippen LogP contribution >= 0.6 is 11.6 Å². The number of rotatable bonds is 8. The second-order valence-electron chi connectivity index (χ2n) is 6.83. The Labute approximate surface area is 192 Å². The van der Waals surface area contributed by atoms with E-state index in [4.69, 9.17) is 11.6 Å². The lowest BCUT2D eigenvalue weighted by molar-refractivity contribution is 0.0955. The molecule has 0 atom stereocenters. The molecule has 0 saturated carbocycles. The Bertz CT molecular complexity index is 1220. The van der Waals surface area contributed by atoms with Crippen LogP contribution in [0.5, 0.6) is 0 Å². The summed E-state index contributed by atoms with van der Waals surface area (Å²) in [6.07, 6.45) is 1.51. The average molecular weight is 468 g/mol. The fraction of sp³-hybridized carbons (Fsp3) is 0.0833. The number of amides is 1. The molecule has 0 radical (unpaired) electrons. The van der Waals surface area contributed by atoms with E-state index in [0.717, 1.165) is 5.56 Å². The highest BCUT2D eigenvalue weighted by molar-refractivity contribution is 7.92. The summed E-state index contributed by atoms with van der Waals surface area (Å²) in [5.74, 6) is -0.411. The number of hydrogen-bond donors (Lipinski definition) is 1. The molecule has 0 bridgehead atoms. The van der Waals surface area contributed by atoms with E-state index in [-0.39, 0.29) is 11.4 Å². The van der Waals surface area contributed by atoms with Gasteiger partial charge in [0.1, 0.15) is 0 Å². The molecule has 0 aliphatic rings.